The molecule has 10 rings (SSSR count). The normalized spacial score (nSPS) is 11.0. The maximum Gasteiger partial charge on any atom is 2.00 e. The van der Waals surface area contributed by atoms with Crippen LogP contribution in [0.3, 0.4) is 0 Å². The Morgan fingerprint density at radius 1 is 0.370 bits per heavy atom. The molecule has 0 aliphatic carbocycles. The van der Waals surface area contributed by atoms with Gasteiger partial charge in [-0.3, -0.25) is 9.97 Å². The number of pyridine rings is 4. The van der Waals surface area contributed by atoms with E-state index in [0.29, 0.717) is 39.7 Å². The number of carboxylic acid groups (broad SMARTS) is 1. The minimum absolute atomic E-state index is 0. The zero-order chi connectivity index (χ0) is 65.7. The Hall–Kier alpha value is -9.67. The fourth-order valence-electron chi connectivity index (χ4n) is 9.95. The molecule has 0 saturated heterocycles. The van der Waals surface area contributed by atoms with Crippen molar-refractivity contribution in [1.29, 1.82) is 0 Å². The van der Waals surface area contributed by atoms with Crippen molar-refractivity contribution < 1.29 is 29.4 Å². The average Bonchev–Trinajstić information content (AvgIpc) is 0.849. The molecule has 0 aliphatic heterocycles. The predicted octanol–water partition coefficient (Wildman–Crippen LogP) is 20.2. The largest absolute Gasteiger partial charge is 2.00 e. The fraction of sp³-hybridized carbons (Fsp3) is 0.203. The number of nitrogens with zero attached hydrogens (tertiary/aromatic N) is 8. The molecule has 4 aromatic heterocycles. The van der Waals surface area contributed by atoms with E-state index in [1.165, 1.54) is 50.9 Å². The standard InChI is InChI=1S/C77H72N6O2.2CNS.Ru/c1-74(2,3)57-24-36-63(37-25-57)82(64-38-26-58(27-39-64)75(4,5)6)61-32-20-52(21-33-61)16-18-54-44-46-78-69(48-54)72-50-55(49-71(81-72)68-15-13-14-67(80-68)70-51-56(73(84)85)45-47-79-70)19-17-53-22-34-62(35-23-53)83(65-40-28-59(29-41-65)76(7,8)9)66-42-30-60(31-43-66)77(10,11)12;2*2-1-3;/h13-15,20-51H,1-12H3,(H,84,85);;;/q;2*-1;+2. The van der Waals surface area contributed by atoms with Crippen molar-refractivity contribution in [3.8, 4) is 57.8 Å². The molecule has 13 heteroatoms. The van der Waals surface area contributed by atoms with Crippen molar-refractivity contribution in [2.24, 2.45) is 0 Å². The minimum Gasteiger partial charge on any atom is -0.753 e. The van der Waals surface area contributed by atoms with Crippen molar-refractivity contribution in [3.05, 3.63) is 273 Å². The molecule has 10 nitrogen and oxygen atoms in total. The summed E-state index contributed by atoms with van der Waals surface area (Å²) in [4.78, 5) is 35.8. The van der Waals surface area contributed by atoms with E-state index in [4.69, 9.17) is 25.8 Å². The topological polar surface area (TPSA) is 140 Å². The first-order chi connectivity index (χ1) is 43.3. The summed E-state index contributed by atoms with van der Waals surface area (Å²) >= 11 is 7.40. The van der Waals surface area contributed by atoms with Crippen LogP contribution in [0.2, 0.25) is 0 Å². The first kappa shape index (κ1) is 69.8. The number of hydrogen-bond donors (Lipinski definition) is 1. The van der Waals surface area contributed by atoms with Crippen molar-refractivity contribution in [1.82, 2.24) is 19.9 Å². The second kappa shape index (κ2) is 30.4. The molecule has 1 N–H and O–H groups in total. The van der Waals surface area contributed by atoms with Gasteiger partial charge < -0.3 is 25.7 Å². The Morgan fingerprint density at radius 3 is 0.989 bits per heavy atom. The molecule has 92 heavy (non-hydrogen) atoms. The van der Waals surface area contributed by atoms with Gasteiger partial charge in [-0.25, -0.2) is 14.8 Å². The number of hydrogen-bond acceptors (Lipinski definition) is 9. The Labute approximate surface area is 566 Å². The summed E-state index contributed by atoms with van der Waals surface area (Å²) in [5, 5.41) is 26.7. The summed E-state index contributed by atoms with van der Waals surface area (Å²) in [5.41, 5.74) is 18.1. The van der Waals surface area contributed by atoms with Crippen LogP contribution in [0, 0.1) is 23.7 Å². The van der Waals surface area contributed by atoms with Crippen molar-refractivity contribution in [2.45, 2.75) is 105 Å². The maximum atomic E-state index is 11.9. The van der Waals surface area contributed by atoms with E-state index in [0.717, 1.165) is 50.8 Å². The van der Waals surface area contributed by atoms with Gasteiger partial charge >= 0.3 is 25.4 Å². The molecule has 4 heterocycles. The second-order valence-electron chi connectivity index (χ2n) is 25.8. The molecule has 460 valence electrons. The molecule has 0 radical (unpaired) electrons. The third-order valence-electron chi connectivity index (χ3n) is 15.0. The second-order valence-corrected chi connectivity index (χ2v) is 26.2. The molecule has 0 aliphatic rings. The first-order valence-corrected chi connectivity index (χ1v) is 30.5. The monoisotopic (exact) mass is 1330 g/mol. The van der Waals surface area contributed by atoms with Gasteiger partial charge in [-0.15, -0.1) is 0 Å². The van der Waals surface area contributed by atoms with Crippen molar-refractivity contribution in [2.75, 3.05) is 9.80 Å². The van der Waals surface area contributed by atoms with Gasteiger partial charge in [-0.1, -0.05) is 186 Å². The molecule has 10 aromatic rings. The number of aromatic nitrogens is 4. The van der Waals surface area contributed by atoms with Crippen LogP contribution in [0.5, 0.6) is 0 Å². The van der Waals surface area contributed by atoms with Gasteiger partial charge in [0.1, 0.15) is 0 Å². The van der Waals surface area contributed by atoms with E-state index in [1.807, 2.05) is 36.4 Å². The zero-order valence-corrected chi connectivity index (χ0v) is 57.2. The van der Waals surface area contributed by atoms with Gasteiger partial charge in [0.25, 0.3) is 0 Å². The molecular formula is C79H72N8O2RuS2. The number of benzene rings is 6. The Balaban J connectivity index is 0.00000165. The van der Waals surface area contributed by atoms with Gasteiger partial charge in [0, 0.05) is 68.8 Å². The zero-order valence-electron chi connectivity index (χ0n) is 53.8. The van der Waals surface area contributed by atoms with Gasteiger partial charge in [0.2, 0.25) is 0 Å². The minimum atomic E-state index is -1.04. The Bertz CT molecular complexity index is 4270. The smallest absolute Gasteiger partial charge is 0.753 e. The molecular weight excluding hydrogens is 1260 g/mol. The van der Waals surface area contributed by atoms with E-state index in [1.54, 1.807) is 12.3 Å². The Kier molecular flexibility index (Phi) is 23.1. The number of carbonyl (C=O) groups is 1. The SMILES string of the molecule is CC(C)(C)c1ccc(N(c2ccc(C#Cc3ccnc(-c4cc(C#Cc5ccc(N(c6ccc(C(C)(C)C)cc6)c6ccc(C(C)(C)C)cc6)cc5)cc(-c5cccc(-c6cc(C(=O)O)ccn6)n5)n4)c3)cc2)c2ccc(C(C)(C)C)cc2)cc1.[N-]=C=S.[N-]=C=S.[Ru+2]. The molecule has 0 fully saturated rings. The van der Waals surface area contributed by atoms with E-state index in [9.17, 15) is 9.90 Å². The summed E-state index contributed by atoms with van der Waals surface area (Å²) < 4.78 is 0. The summed E-state index contributed by atoms with van der Waals surface area (Å²) in [6.45, 7) is 26.8. The molecule has 0 bridgehead atoms. The number of thiocarbonyl (C=S) groups is 2. The predicted molar refractivity (Wildman–Crippen MR) is 382 cm³/mol. The number of isothiocyanates is 2. The van der Waals surface area contributed by atoms with Crippen LogP contribution < -0.4 is 9.80 Å². The van der Waals surface area contributed by atoms with Gasteiger partial charge in [-0.2, -0.15) is 10.3 Å². The molecule has 0 atom stereocenters. The van der Waals surface area contributed by atoms with E-state index < -0.39 is 5.97 Å². The number of aromatic carboxylic acids is 1. The molecule has 0 amide bonds. The third-order valence-corrected chi connectivity index (χ3v) is 15.0. The summed E-state index contributed by atoms with van der Waals surface area (Å²) in [5.74, 6) is 12.6. The van der Waals surface area contributed by atoms with E-state index >= 15 is 0 Å². The van der Waals surface area contributed by atoms with Crippen LogP contribution >= 0.6 is 24.4 Å². The summed E-state index contributed by atoms with van der Waals surface area (Å²) in [7, 11) is 0. The van der Waals surface area contributed by atoms with E-state index in [-0.39, 0.29) is 46.7 Å². The summed E-state index contributed by atoms with van der Waals surface area (Å²) in [6.07, 6.45) is 3.22. The van der Waals surface area contributed by atoms with Crippen LogP contribution in [0.1, 0.15) is 138 Å². The average molecular weight is 1330 g/mol. The third kappa shape index (κ3) is 18.3. The van der Waals surface area contributed by atoms with Gasteiger partial charge in [0.05, 0.1) is 39.7 Å². The van der Waals surface area contributed by atoms with Crippen molar-refractivity contribution >= 4 is 74.9 Å². The molecule has 0 spiro atoms. The molecule has 0 saturated carbocycles. The van der Waals surface area contributed by atoms with Gasteiger partial charge in [-0.05, 0) is 190 Å². The van der Waals surface area contributed by atoms with Crippen molar-refractivity contribution in [3.63, 3.8) is 0 Å². The molecule has 6 aromatic carbocycles. The van der Waals surface area contributed by atoms with Gasteiger partial charge in [0.15, 0.2) is 0 Å². The summed E-state index contributed by atoms with van der Waals surface area (Å²) in [6, 6.07) is 68.3. The van der Waals surface area contributed by atoms with Crippen LogP contribution in [-0.4, -0.2) is 41.3 Å². The van der Waals surface area contributed by atoms with Crippen LogP contribution in [0.4, 0.5) is 34.1 Å². The maximum absolute atomic E-state index is 11.9. The molecule has 0 unspecified atom stereocenters. The number of carboxylic acids is 1. The first-order valence-electron chi connectivity index (χ1n) is 29.7. The fourth-order valence-corrected chi connectivity index (χ4v) is 9.95. The van der Waals surface area contributed by atoms with Crippen LogP contribution in [0.15, 0.2) is 213 Å². The van der Waals surface area contributed by atoms with E-state index in [2.05, 4.69) is 292 Å². The van der Waals surface area contributed by atoms with Crippen LogP contribution in [-0.2, 0) is 41.1 Å². The number of rotatable bonds is 10. The Morgan fingerprint density at radius 2 is 0.641 bits per heavy atom. The quantitative estimate of drug-likeness (QED) is 0.0609. The van der Waals surface area contributed by atoms with Crippen LogP contribution in [0.25, 0.3) is 45.0 Å². The number of anilines is 6.